The van der Waals surface area contributed by atoms with Gasteiger partial charge in [0.05, 0.1) is 12.0 Å². The predicted molar refractivity (Wildman–Crippen MR) is 83.5 cm³/mol. The van der Waals surface area contributed by atoms with Gasteiger partial charge in [0.25, 0.3) is 0 Å². The zero-order chi connectivity index (χ0) is 15.1. The van der Waals surface area contributed by atoms with Crippen molar-refractivity contribution in [3.8, 4) is 11.8 Å². The van der Waals surface area contributed by atoms with Gasteiger partial charge in [0.15, 0.2) is 0 Å². The summed E-state index contributed by atoms with van der Waals surface area (Å²) in [6.07, 6.45) is -0.464. The number of ketones is 1. The summed E-state index contributed by atoms with van der Waals surface area (Å²) < 4.78 is 0. The molecule has 0 aromatic heterocycles. The lowest BCUT2D eigenvalue weighted by atomic mass is 9.90. The highest BCUT2D eigenvalue weighted by atomic mass is 16.3. The van der Waals surface area contributed by atoms with E-state index in [2.05, 4.69) is 11.8 Å². The number of carbonyl (C=O) groups is 1. The molecule has 1 N–H and O–H groups in total. The highest BCUT2D eigenvalue weighted by Gasteiger charge is 2.24. The highest BCUT2D eigenvalue weighted by molar-refractivity contribution is 5.79. The van der Waals surface area contributed by atoms with E-state index in [1.165, 1.54) is 6.92 Å². The van der Waals surface area contributed by atoms with Crippen molar-refractivity contribution in [1.82, 2.24) is 0 Å². The fourth-order valence-electron chi connectivity index (χ4n) is 2.14. The molecular formula is C19H18O2. The quantitative estimate of drug-likeness (QED) is 0.871. The molecule has 2 atom stereocenters. The number of aliphatic hydroxyl groups excluding tert-OH is 1. The Kier molecular flexibility index (Phi) is 5.31. The Hall–Kier alpha value is -2.37. The molecule has 0 aliphatic carbocycles. The Morgan fingerprint density at radius 2 is 1.62 bits per heavy atom. The summed E-state index contributed by atoms with van der Waals surface area (Å²) in [5.41, 5.74) is 1.66. The van der Waals surface area contributed by atoms with Gasteiger partial charge in [-0.25, -0.2) is 0 Å². The van der Waals surface area contributed by atoms with E-state index in [0.29, 0.717) is 6.42 Å². The first-order valence-electron chi connectivity index (χ1n) is 6.96. The van der Waals surface area contributed by atoms with Crippen LogP contribution in [0.15, 0.2) is 60.7 Å². The molecule has 106 valence electrons. The third-order valence-corrected chi connectivity index (χ3v) is 3.37. The van der Waals surface area contributed by atoms with Gasteiger partial charge in [-0.15, -0.1) is 0 Å². The molecule has 0 aliphatic rings. The van der Waals surface area contributed by atoms with Crippen molar-refractivity contribution in [2.75, 3.05) is 0 Å². The SMILES string of the molecule is CC(=O)C(CC#Cc1ccccc1)C(O)c1ccccc1. The molecule has 0 heterocycles. The van der Waals surface area contributed by atoms with Gasteiger partial charge in [0.1, 0.15) is 5.78 Å². The Labute approximate surface area is 125 Å². The number of hydrogen-bond acceptors (Lipinski definition) is 2. The maximum absolute atomic E-state index is 11.8. The van der Waals surface area contributed by atoms with Gasteiger partial charge in [-0.3, -0.25) is 4.79 Å². The second-order valence-electron chi connectivity index (χ2n) is 4.94. The van der Waals surface area contributed by atoms with Crippen molar-refractivity contribution in [2.45, 2.75) is 19.4 Å². The largest absolute Gasteiger partial charge is 0.388 e. The van der Waals surface area contributed by atoms with Crippen LogP contribution in [0.3, 0.4) is 0 Å². The standard InChI is InChI=1S/C19H18O2/c1-15(20)18(19(21)17-12-6-3-7-13-17)14-8-11-16-9-4-2-5-10-16/h2-7,9-10,12-13,18-19,21H,14H2,1H3. The molecule has 0 fully saturated rings. The van der Waals surface area contributed by atoms with Crippen LogP contribution in [-0.4, -0.2) is 10.9 Å². The zero-order valence-corrected chi connectivity index (χ0v) is 12.0. The average Bonchev–Trinajstić information content (AvgIpc) is 2.52. The molecule has 2 heteroatoms. The van der Waals surface area contributed by atoms with E-state index >= 15 is 0 Å². The molecule has 0 radical (unpaired) electrons. The Morgan fingerprint density at radius 3 is 2.19 bits per heavy atom. The first-order valence-corrected chi connectivity index (χ1v) is 6.96. The summed E-state index contributed by atoms with van der Waals surface area (Å²) in [6.45, 7) is 1.50. The van der Waals surface area contributed by atoms with E-state index in [1.807, 2.05) is 60.7 Å². The number of hydrogen-bond donors (Lipinski definition) is 1. The first kappa shape index (κ1) is 15.0. The maximum Gasteiger partial charge on any atom is 0.136 e. The highest BCUT2D eigenvalue weighted by Crippen LogP contribution is 2.25. The maximum atomic E-state index is 11.8. The van der Waals surface area contributed by atoms with Gasteiger partial charge >= 0.3 is 0 Å². The van der Waals surface area contributed by atoms with E-state index in [4.69, 9.17) is 0 Å². The molecule has 21 heavy (non-hydrogen) atoms. The lowest BCUT2D eigenvalue weighted by molar-refractivity contribution is -0.124. The summed E-state index contributed by atoms with van der Waals surface area (Å²) in [5, 5.41) is 10.4. The van der Waals surface area contributed by atoms with E-state index in [0.717, 1.165) is 11.1 Å². The summed E-state index contributed by atoms with van der Waals surface area (Å²) >= 11 is 0. The Bertz CT molecular complexity index is 636. The normalized spacial score (nSPS) is 12.9. The van der Waals surface area contributed by atoms with Crippen LogP contribution in [0.2, 0.25) is 0 Å². The van der Waals surface area contributed by atoms with Gasteiger partial charge in [0, 0.05) is 12.0 Å². The monoisotopic (exact) mass is 278 g/mol. The van der Waals surface area contributed by atoms with Crippen LogP contribution in [-0.2, 0) is 4.79 Å². The summed E-state index contributed by atoms with van der Waals surface area (Å²) in [5.74, 6) is 5.48. The topological polar surface area (TPSA) is 37.3 Å². The van der Waals surface area contributed by atoms with Crippen LogP contribution in [0.1, 0.15) is 30.6 Å². The number of Topliss-reactive ketones (excluding diaryl/α,β-unsaturated/α-hetero) is 1. The second-order valence-corrected chi connectivity index (χ2v) is 4.94. The van der Waals surface area contributed by atoms with Crippen molar-refractivity contribution in [3.05, 3.63) is 71.8 Å². The summed E-state index contributed by atoms with van der Waals surface area (Å²) in [4.78, 5) is 11.8. The smallest absolute Gasteiger partial charge is 0.136 e. The minimum absolute atomic E-state index is 0.0475. The van der Waals surface area contributed by atoms with Gasteiger partial charge < -0.3 is 5.11 Å². The Balaban J connectivity index is 2.10. The predicted octanol–water partition coefficient (Wildman–Crippen LogP) is 3.37. The number of rotatable bonds is 4. The van der Waals surface area contributed by atoms with Crippen molar-refractivity contribution < 1.29 is 9.90 Å². The lowest BCUT2D eigenvalue weighted by Gasteiger charge is -2.18. The molecule has 2 rings (SSSR count). The summed E-state index contributed by atoms with van der Waals surface area (Å²) in [7, 11) is 0. The van der Waals surface area contributed by atoms with Gasteiger partial charge in [-0.05, 0) is 24.6 Å². The third-order valence-electron chi connectivity index (χ3n) is 3.37. The van der Waals surface area contributed by atoms with Gasteiger partial charge in [-0.1, -0.05) is 60.4 Å². The molecule has 0 bridgehead atoms. The van der Waals surface area contributed by atoms with Crippen LogP contribution in [0, 0.1) is 17.8 Å². The summed E-state index contributed by atoms with van der Waals surface area (Å²) in [6, 6.07) is 18.9. The fraction of sp³-hybridized carbons (Fsp3) is 0.211. The molecule has 0 saturated carbocycles. The molecule has 2 nitrogen and oxygen atoms in total. The molecule has 0 aliphatic heterocycles. The van der Waals surface area contributed by atoms with E-state index in [-0.39, 0.29) is 5.78 Å². The molecule has 2 aromatic carbocycles. The first-order chi connectivity index (χ1) is 10.2. The molecule has 0 saturated heterocycles. The Morgan fingerprint density at radius 1 is 1.05 bits per heavy atom. The fourth-order valence-corrected chi connectivity index (χ4v) is 2.14. The molecule has 2 aromatic rings. The van der Waals surface area contributed by atoms with Gasteiger partial charge in [-0.2, -0.15) is 0 Å². The minimum Gasteiger partial charge on any atom is -0.388 e. The van der Waals surface area contributed by atoms with E-state index in [9.17, 15) is 9.90 Å². The molecule has 0 amide bonds. The van der Waals surface area contributed by atoms with Crippen LogP contribution >= 0.6 is 0 Å². The van der Waals surface area contributed by atoms with E-state index in [1.54, 1.807) is 0 Å². The third kappa shape index (κ3) is 4.30. The van der Waals surface area contributed by atoms with Crippen LogP contribution < -0.4 is 0 Å². The molecular weight excluding hydrogens is 260 g/mol. The van der Waals surface area contributed by atoms with E-state index < -0.39 is 12.0 Å². The number of aliphatic hydroxyl groups is 1. The number of benzene rings is 2. The zero-order valence-electron chi connectivity index (χ0n) is 12.0. The molecule has 0 spiro atoms. The number of carbonyl (C=O) groups excluding carboxylic acids is 1. The van der Waals surface area contributed by atoms with Crippen molar-refractivity contribution in [3.63, 3.8) is 0 Å². The molecule has 2 unspecified atom stereocenters. The van der Waals surface area contributed by atoms with Crippen molar-refractivity contribution in [2.24, 2.45) is 5.92 Å². The average molecular weight is 278 g/mol. The van der Waals surface area contributed by atoms with Crippen LogP contribution in [0.5, 0.6) is 0 Å². The second kappa shape index (κ2) is 7.42. The lowest BCUT2D eigenvalue weighted by Crippen LogP contribution is -2.19. The van der Waals surface area contributed by atoms with Crippen molar-refractivity contribution >= 4 is 5.78 Å². The van der Waals surface area contributed by atoms with Crippen LogP contribution in [0.4, 0.5) is 0 Å². The minimum atomic E-state index is -0.811. The van der Waals surface area contributed by atoms with Gasteiger partial charge in [0.2, 0.25) is 0 Å². The van der Waals surface area contributed by atoms with Crippen molar-refractivity contribution in [1.29, 1.82) is 0 Å². The van der Waals surface area contributed by atoms with Crippen LogP contribution in [0.25, 0.3) is 0 Å².